The predicted octanol–water partition coefficient (Wildman–Crippen LogP) is 2.97. The third kappa shape index (κ3) is 3.86. The van der Waals surface area contributed by atoms with Crippen LogP contribution < -0.4 is 9.64 Å². The highest BCUT2D eigenvalue weighted by molar-refractivity contribution is 6.09. The summed E-state index contributed by atoms with van der Waals surface area (Å²) < 4.78 is 16.0. The largest absolute Gasteiger partial charge is 0.478 e. The van der Waals surface area contributed by atoms with E-state index in [9.17, 15) is 14.4 Å². The zero-order valence-corrected chi connectivity index (χ0v) is 15.4. The Labute approximate surface area is 156 Å². The third-order valence-corrected chi connectivity index (χ3v) is 4.09. The number of fused-ring (bicyclic) bond motifs is 1. The molecule has 0 radical (unpaired) electrons. The van der Waals surface area contributed by atoms with E-state index in [0.717, 1.165) is 0 Å². The number of hydrogen-bond donors (Lipinski definition) is 0. The van der Waals surface area contributed by atoms with Crippen molar-refractivity contribution in [3.63, 3.8) is 0 Å². The number of carbonyl (C=O) groups is 3. The number of ketones is 1. The minimum Gasteiger partial charge on any atom is -0.478 e. The van der Waals surface area contributed by atoms with Gasteiger partial charge in [0.25, 0.3) is 5.91 Å². The Kier molecular flexibility index (Phi) is 5.30. The van der Waals surface area contributed by atoms with Crippen LogP contribution in [0.3, 0.4) is 0 Å². The summed E-state index contributed by atoms with van der Waals surface area (Å²) in [4.78, 5) is 38.7. The van der Waals surface area contributed by atoms with Crippen LogP contribution in [-0.2, 0) is 14.3 Å². The van der Waals surface area contributed by atoms with Crippen LogP contribution in [0.5, 0.6) is 5.75 Å². The highest BCUT2D eigenvalue weighted by atomic mass is 16.5. The van der Waals surface area contributed by atoms with Gasteiger partial charge in [0.2, 0.25) is 5.78 Å². The molecular weight excluding hydrogens is 350 g/mol. The molecule has 7 nitrogen and oxygen atoms in total. The Morgan fingerprint density at radius 2 is 2.04 bits per heavy atom. The molecule has 2 aromatic rings. The summed E-state index contributed by atoms with van der Waals surface area (Å²) in [6.45, 7) is 5.05. The standard InChI is InChI=1S/C20H21NO6/c1-4-15-20(24)21(11-18(22)26-12(2)3)14-10-13(7-8-16(14)27-15)19(23)17-6-5-9-25-17/h5-10,12,15H,4,11H2,1-3H3/t15-/m0/s1. The van der Waals surface area contributed by atoms with E-state index in [1.165, 1.54) is 17.2 Å². The molecule has 27 heavy (non-hydrogen) atoms. The maximum absolute atomic E-state index is 12.7. The molecule has 7 heteroatoms. The van der Waals surface area contributed by atoms with Crippen LogP contribution >= 0.6 is 0 Å². The molecule has 1 aromatic carbocycles. The van der Waals surface area contributed by atoms with Crippen molar-refractivity contribution in [2.75, 3.05) is 11.4 Å². The molecule has 1 aromatic heterocycles. The summed E-state index contributed by atoms with van der Waals surface area (Å²) in [5.74, 6) is -0.556. The zero-order chi connectivity index (χ0) is 19.6. The predicted molar refractivity (Wildman–Crippen MR) is 96.9 cm³/mol. The zero-order valence-electron chi connectivity index (χ0n) is 15.4. The Morgan fingerprint density at radius 3 is 2.67 bits per heavy atom. The molecule has 1 atom stereocenters. The lowest BCUT2D eigenvalue weighted by Crippen LogP contribution is -2.48. The number of esters is 1. The third-order valence-electron chi connectivity index (χ3n) is 4.09. The summed E-state index contributed by atoms with van der Waals surface area (Å²) >= 11 is 0. The first-order valence-corrected chi connectivity index (χ1v) is 8.80. The topological polar surface area (TPSA) is 86.1 Å². The van der Waals surface area contributed by atoms with Gasteiger partial charge < -0.3 is 13.9 Å². The Bertz CT molecular complexity index is 855. The van der Waals surface area contributed by atoms with Crippen LogP contribution in [0.2, 0.25) is 0 Å². The SMILES string of the molecule is CC[C@@H]1Oc2ccc(C(=O)c3ccco3)cc2N(CC(=O)OC(C)C)C1=O. The van der Waals surface area contributed by atoms with Crippen molar-refractivity contribution >= 4 is 23.3 Å². The van der Waals surface area contributed by atoms with Crippen LogP contribution in [-0.4, -0.2) is 36.4 Å². The molecule has 0 bridgehead atoms. The fourth-order valence-electron chi connectivity index (χ4n) is 2.87. The van der Waals surface area contributed by atoms with E-state index in [0.29, 0.717) is 23.4 Å². The van der Waals surface area contributed by atoms with E-state index < -0.39 is 12.1 Å². The molecule has 2 heterocycles. The number of furan rings is 1. The molecule has 0 fully saturated rings. The number of anilines is 1. The second-order valence-electron chi connectivity index (χ2n) is 6.47. The first-order chi connectivity index (χ1) is 12.9. The normalized spacial score (nSPS) is 16.1. The summed E-state index contributed by atoms with van der Waals surface area (Å²) in [6, 6.07) is 7.96. The van der Waals surface area contributed by atoms with Crippen molar-refractivity contribution in [2.45, 2.75) is 39.4 Å². The van der Waals surface area contributed by atoms with Crippen LogP contribution in [0.1, 0.15) is 43.3 Å². The van der Waals surface area contributed by atoms with Crippen LogP contribution in [0.15, 0.2) is 41.0 Å². The molecule has 3 rings (SSSR count). The van der Waals surface area contributed by atoms with E-state index in [-0.39, 0.29) is 30.1 Å². The quantitative estimate of drug-likeness (QED) is 0.573. The Balaban J connectivity index is 1.96. The van der Waals surface area contributed by atoms with Crippen LogP contribution in [0, 0.1) is 0 Å². The van der Waals surface area contributed by atoms with E-state index in [2.05, 4.69) is 0 Å². The average molecular weight is 371 g/mol. The molecule has 0 spiro atoms. The maximum atomic E-state index is 12.7. The fourth-order valence-corrected chi connectivity index (χ4v) is 2.87. The smallest absolute Gasteiger partial charge is 0.326 e. The second kappa shape index (κ2) is 7.65. The molecule has 1 aliphatic heterocycles. The number of amides is 1. The van der Waals surface area contributed by atoms with E-state index >= 15 is 0 Å². The Hall–Kier alpha value is -3.09. The minimum absolute atomic E-state index is 0.190. The lowest BCUT2D eigenvalue weighted by Gasteiger charge is -2.33. The molecule has 0 unspecified atom stereocenters. The van der Waals surface area contributed by atoms with Gasteiger partial charge in [-0.25, -0.2) is 0 Å². The van der Waals surface area contributed by atoms with Gasteiger partial charge in [0, 0.05) is 5.56 Å². The average Bonchev–Trinajstić information content (AvgIpc) is 3.17. The number of carbonyl (C=O) groups excluding carboxylic acids is 3. The van der Waals surface area contributed by atoms with Crippen LogP contribution in [0.25, 0.3) is 0 Å². The van der Waals surface area contributed by atoms with Gasteiger partial charge in [0.05, 0.1) is 18.1 Å². The van der Waals surface area contributed by atoms with Gasteiger partial charge in [0.15, 0.2) is 11.9 Å². The van der Waals surface area contributed by atoms with E-state index in [1.54, 1.807) is 38.1 Å². The highest BCUT2D eigenvalue weighted by Crippen LogP contribution is 2.36. The molecular formula is C20H21NO6. The number of rotatable bonds is 6. The van der Waals surface area contributed by atoms with Crippen molar-refractivity contribution < 1.29 is 28.3 Å². The lowest BCUT2D eigenvalue weighted by molar-refractivity contribution is -0.147. The van der Waals surface area contributed by atoms with Crippen molar-refractivity contribution in [1.29, 1.82) is 0 Å². The van der Waals surface area contributed by atoms with Crippen molar-refractivity contribution in [3.8, 4) is 5.75 Å². The van der Waals surface area contributed by atoms with E-state index in [1.807, 2.05) is 6.92 Å². The van der Waals surface area contributed by atoms with Gasteiger partial charge in [-0.05, 0) is 50.6 Å². The van der Waals surface area contributed by atoms with E-state index in [4.69, 9.17) is 13.9 Å². The molecule has 0 N–H and O–H groups in total. The molecule has 142 valence electrons. The lowest BCUT2D eigenvalue weighted by atomic mass is 10.0. The first-order valence-electron chi connectivity index (χ1n) is 8.80. The van der Waals surface area contributed by atoms with Gasteiger partial charge in [-0.15, -0.1) is 0 Å². The maximum Gasteiger partial charge on any atom is 0.326 e. The van der Waals surface area contributed by atoms with Gasteiger partial charge in [-0.3, -0.25) is 19.3 Å². The minimum atomic E-state index is -0.684. The highest BCUT2D eigenvalue weighted by Gasteiger charge is 2.35. The van der Waals surface area contributed by atoms with Gasteiger partial charge >= 0.3 is 5.97 Å². The fraction of sp³-hybridized carbons (Fsp3) is 0.350. The molecule has 1 amide bonds. The van der Waals surface area contributed by atoms with Gasteiger partial charge in [-0.2, -0.15) is 0 Å². The number of nitrogens with zero attached hydrogens (tertiary/aromatic N) is 1. The van der Waals surface area contributed by atoms with Crippen molar-refractivity contribution in [3.05, 3.63) is 47.9 Å². The number of hydrogen-bond acceptors (Lipinski definition) is 6. The van der Waals surface area contributed by atoms with Crippen molar-refractivity contribution in [1.82, 2.24) is 0 Å². The molecule has 0 aliphatic carbocycles. The number of benzene rings is 1. The number of ether oxygens (including phenoxy) is 2. The summed E-state index contributed by atoms with van der Waals surface area (Å²) in [5, 5.41) is 0. The summed E-state index contributed by atoms with van der Waals surface area (Å²) in [7, 11) is 0. The van der Waals surface area contributed by atoms with Gasteiger partial charge in [0.1, 0.15) is 12.3 Å². The monoisotopic (exact) mass is 371 g/mol. The van der Waals surface area contributed by atoms with Gasteiger partial charge in [-0.1, -0.05) is 6.92 Å². The summed E-state index contributed by atoms with van der Waals surface area (Å²) in [5.41, 5.74) is 0.695. The summed E-state index contributed by atoms with van der Waals surface area (Å²) in [6.07, 6.45) is 0.900. The second-order valence-corrected chi connectivity index (χ2v) is 6.47. The van der Waals surface area contributed by atoms with Crippen molar-refractivity contribution in [2.24, 2.45) is 0 Å². The first kappa shape index (κ1) is 18.7. The molecule has 0 saturated carbocycles. The molecule has 0 saturated heterocycles. The van der Waals surface area contributed by atoms with Crippen LogP contribution in [0.4, 0.5) is 5.69 Å². The Morgan fingerprint density at radius 1 is 1.26 bits per heavy atom. The molecule has 1 aliphatic rings.